The van der Waals surface area contributed by atoms with E-state index in [9.17, 15) is 32.3 Å². The van der Waals surface area contributed by atoms with Crippen molar-refractivity contribution < 1.29 is 37.1 Å². The molecule has 4 aromatic rings. The molecule has 6 heterocycles. The number of anilines is 2. The first-order valence-corrected chi connectivity index (χ1v) is 19.0. The zero-order chi connectivity index (χ0) is 39.6. The molecule has 16 heteroatoms. The molecule has 1 aromatic carbocycles. The fraction of sp³-hybridized carbons (Fsp3) is 0.450. The number of nitrogens with one attached hydrogen (secondary N) is 3. The number of hydrogen-bond acceptors (Lipinski definition) is 9. The molecule has 7 rings (SSSR count). The summed E-state index contributed by atoms with van der Waals surface area (Å²) in [6.07, 6.45) is 2.69. The van der Waals surface area contributed by atoms with Crippen LogP contribution in [0.1, 0.15) is 91.6 Å². The monoisotopic (exact) mass is 774 g/mol. The number of rotatable bonds is 10. The molecule has 1 unspecified atom stereocenters. The van der Waals surface area contributed by atoms with Crippen LogP contribution < -0.4 is 20.7 Å². The van der Waals surface area contributed by atoms with Gasteiger partial charge in [-0.05, 0) is 94.8 Å². The van der Waals surface area contributed by atoms with E-state index in [1.54, 1.807) is 16.7 Å². The number of carbonyl (C=O) groups is 4. The minimum atomic E-state index is -4.69. The third kappa shape index (κ3) is 9.12. The van der Waals surface area contributed by atoms with Gasteiger partial charge in [0.05, 0.1) is 18.3 Å². The Morgan fingerprint density at radius 3 is 2.38 bits per heavy atom. The average Bonchev–Trinajstić information content (AvgIpc) is 3.59. The van der Waals surface area contributed by atoms with Crippen LogP contribution >= 0.6 is 0 Å². The lowest BCUT2D eigenvalue weighted by atomic mass is 9.89. The number of imidazole rings is 1. The van der Waals surface area contributed by atoms with E-state index in [1.165, 1.54) is 11.6 Å². The summed E-state index contributed by atoms with van der Waals surface area (Å²) in [4.78, 5) is 62.6. The molecule has 0 spiro atoms. The molecule has 296 valence electrons. The fourth-order valence-electron chi connectivity index (χ4n) is 7.64. The number of imide groups is 1. The third-order valence-electron chi connectivity index (χ3n) is 10.6. The number of halogens is 3. The highest BCUT2D eigenvalue weighted by Gasteiger charge is 2.33. The summed E-state index contributed by atoms with van der Waals surface area (Å²) in [6, 6.07) is 12.5. The second kappa shape index (κ2) is 16.3. The standard InChI is InChI=1S/C40H45F3N8O5/c1-24(2)56-33-20-35-46-31(21-51(35)22-32(33)47-38(54)29-7-4-8-34(45-29)40(41,42)43)26-11-15-49(16-12-26)23-37(53)50-17-13-25(14-18-50)27-5-3-6-28(19-27)44-30-9-10-36(52)48-39(30)55/h3-8,19-22,24-26,30,44H,9-18,23H2,1-2H3,(H,47,54)(H,48,52,55). The molecule has 0 radical (unpaired) electrons. The molecule has 4 amide bonds. The van der Waals surface area contributed by atoms with Crippen LogP contribution in [0.15, 0.2) is 60.9 Å². The lowest BCUT2D eigenvalue weighted by Gasteiger charge is -2.35. The van der Waals surface area contributed by atoms with Gasteiger partial charge >= 0.3 is 6.18 Å². The highest BCUT2D eigenvalue weighted by atomic mass is 19.4. The first-order valence-electron chi connectivity index (χ1n) is 19.0. The van der Waals surface area contributed by atoms with E-state index in [0.29, 0.717) is 49.8 Å². The van der Waals surface area contributed by atoms with E-state index in [1.807, 2.05) is 37.1 Å². The van der Waals surface area contributed by atoms with Crippen molar-refractivity contribution in [2.75, 3.05) is 43.4 Å². The van der Waals surface area contributed by atoms with Gasteiger partial charge in [-0.2, -0.15) is 13.2 Å². The molecule has 0 saturated carbocycles. The first kappa shape index (κ1) is 38.8. The summed E-state index contributed by atoms with van der Waals surface area (Å²) >= 11 is 0. The van der Waals surface area contributed by atoms with Gasteiger partial charge in [0, 0.05) is 49.6 Å². The Kier molecular flexibility index (Phi) is 11.3. The number of benzene rings is 1. The molecule has 0 bridgehead atoms. The Bertz CT molecular complexity index is 2100. The van der Waals surface area contributed by atoms with Crippen molar-refractivity contribution in [3.63, 3.8) is 0 Å². The van der Waals surface area contributed by atoms with Gasteiger partial charge in [0.25, 0.3) is 5.91 Å². The van der Waals surface area contributed by atoms with Crippen molar-refractivity contribution in [3.8, 4) is 5.75 Å². The molecular weight excluding hydrogens is 729 g/mol. The molecule has 3 N–H and O–H groups in total. The van der Waals surface area contributed by atoms with Crippen LogP contribution in [0.3, 0.4) is 0 Å². The van der Waals surface area contributed by atoms with E-state index in [0.717, 1.165) is 62.3 Å². The Labute approximate surface area is 322 Å². The van der Waals surface area contributed by atoms with Crippen LogP contribution in [0.25, 0.3) is 5.65 Å². The quantitative estimate of drug-likeness (QED) is 0.175. The van der Waals surface area contributed by atoms with Gasteiger partial charge in [0.2, 0.25) is 17.7 Å². The van der Waals surface area contributed by atoms with Crippen LogP contribution in [-0.2, 0) is 20.6 Å². The SMILES string of the molecule is CC(C)Oc1cc2nc(C3CCN(CC(=O)N4CCC(c5cccc(NC6CCC(=O)NC6=O)c5)CC4)CC3)cn2cc1NC(=O)c1cccc(C(F)(F)F)n1. The van der Waals surface area contributed by atoms with Crippen LogP contribution in [0.5, 0.6) is 5.75 Å². The Balaban J connectivity index is 0.919. The molecule has 0 aliphatic carbocycles. The van der Waals surface area contributed by atoms with Crippen molar-refractivity contribution >= 4 is 40.7 Å². The van der Waals surface area contributed by atoms with Crippen molar-refractivity contribution in [2.24, 2.45) is 0 Å². The molecule has 3 saturated heterocycles. The molecule has 56 heavy (non-hydrogen) atoms. The third-order valence-corrected chi connectivity index (χ3v) is 10.6. The van der Waals surface area contributed by atoms with E-state index >= 15 is 0 Å². The highest BCUT2D eigenvalue weighted by molar-refractivity contribution is 6.04. The Morgan fingerprint density at radius 2 is 1.66 bits per heavy atom. The number of amides is 4. The van der Waals surface area contributed by atoms with Gasteiger partial charge in [-0.15, -0.1) is 0 Å². The molecule has 3 aliphatic rings. The van der Waals surface area contributed by atoms with Gasteiger partial charge in [-0.1, -0.05) is 18.2 Å². The van der Waals surface area contributed by atoms with Crippen molar-refractivity contribution in [2.45, 2.75) is 82.5 Å². The van der Waals surface area contributed by atoms with Crippen LogP contribution in [-0.4, -0.2) is 92.7 Å². The molecule has 3 aliphatic heterocycles. The summed E-state index contributed by atoms with van der Waals surface area (Å²) in [5, 5.41) is 8.31. The minimum Gasteiger partial charge on any atom is -0.489 e. The summed E-state index contributed by atoms with van der Waals surface area (Å²) in [5.41, 5.74) is 2.22. The van der Waals surface area contributed by atoms with Gasteiger partial charge in [-0.25, -0.2) is 9.97 Å². The molecular formula is C40H45F3N8O5. The zero-order valence-electron chi connectivity index (χ0n) is 31.3. The minimum absolute atomic E-state index is 0.121. The maximum absolute atomic E-state index is 13.4. The fourth-order valence-corrected chi connectivity index (χ4v) is 7.64. The average molecular weight is 775 g/mol. The topological polar surface area (TPSA) is 150 Å². The van der Waals surface area contributed by atoms with Gasteiger partial charge in [0.1, 0.15) is 34.5 Å². The molecule has 3 fully saturated rings. The summed E-state index contributed by atoms with van der Waals surface area (Å²) in [6.45, 7) is 6.83. The lowest BCUT2D eigenvalue weighted by molar-refractivity contribution is -0.141. The predicted molar refractivity (Wildman–Crippen MR) is 201 cm³/mol. The molecule has 3 aromatic heterocycles. The number of pyridine rings is 2. The summed E-state index contributed by atoms with van der Waals surface area (Å²) in [5.74, 6) is -0.443. The van der Waals surface area contributed by atoms with E-state index in [-0.39, 0.29) is 41.1 Å². The van der Waals surface area contributed by atoms with Gasteiger partial charge < -0.3 is 24.7 Å². The van der Waals surface area contributed by atoms with Crippen LogP contribution in [0.4, 0.5) is 24.5 Å². The predicted octanol–water partition coefficient (Wildman–Crippen LogP) is 5.59. The highest BCUT2D eigenvalue weighted by Crippen LogP contribution is 2.34. The van der Waals surface area contributed by atoms with E-state index < -0.39 is 23.8 Å². The van der Waals surface area contributed by atoms with Crippen molar-refractivity contribution in [3.05, 3.63) is 83.6 Å². The summed E-state index contributed by atoms with van der Waals surface area (Å²) in [7, 11) is 0. The number of fused-ring (bicyclic) bond motifs is 1. The van der Waals surface area contributed by atoms with E-state index in [2.05, 4.69) is 38.0 Å². The summed E-state index contributed by atoms with van der Waals surface area (Å²) < 4.78 is 47.4. The zero-order valence-corrected chi connectivity index (χ0v) is 31.3. The largest absolute Gasteiger partial charge is 0.489 e. The number of likely N-dealkylation sites (tertiary alicyclic amines) is 2. The van der Waals surface area contributed by atoms with Crippen molar-refractivity contribution in [1.29, 1.82) is 0 Å². The first-order chi connectivity index (χ1) is 26.8. The van der Waals surface area contributed by atoms with Gasteiger partial charge in [-0.3, -0.25) is 29.4 Å². The maximum Gasteiger partial charge on any atom is 0.433 e. The number of ether oxygens (including phenoxy) is 1. The number of carbonyl (C=O) groups excluding carboxylic acids is 4. The molecule has 13 nitrogen and oxygen atoms in total. The lowest BCUT2D eigenvalue weighted by Crippen LogP contribution is -2.47. The number of nitrogens with zero attached hydrogens (tertiary/aromatic N) is 5. The second-order valence-electron chi connectivity index (χ2n) is 15.0. The smallest absolute Gasteiger partial charge is 0.433 e. The number of alkyl halides is 3. The van der Waals surface area contributed by atoms with Crippen LogP contribution in [0, 0.1) is 0 Å². The van der Waals surface area contributed by atoms with E-state index in [4.69, 9.17) is 9.72 Å². The number of hydrogen-bond donors (Lipinski definition) is 3. The number of aromatic nitrogens is 3. The van der Waals surface area contributed by atoms with Crippen molar-refractivity contribution in [1.82, 2.24) is 29.5 Å². The second-order valence-corrected chi connectivity index (χ2v) is 15.0. The number of piperidine rings is 3. The Hall–Kier alpha value is -5.51. The van der Waals surface area contributed by atoms with Crippen LogP contribution in [0.2, 0.25) is 0 Å². The maximum atomic E-state index is 13.4. The normalized spacial score (nSPS) is 19.0. The van der Waals surface area contributed by atoms with Gasteiger partial charge in [0.15, 0.2) is 0 Å². The molecule has 1 atom stereocenters. The Morgan fingerprint density at radius 1 is 0.929 bits per heavy atom.